The first-order valence-corrected chi connectivity index (χ1v) is 10.9. The minimum atomic E-state index is 0. The Bertz CT molecular complexity index is 1030. The third-order valence-electron chi connectivity index (χ3n) is 5.41. The zero-order valence-corrected chi connectivity index (χ0v) is 21.2. The predicted octanol–water partition coefficient (Wildman–Crippen LogP) is 4.48. The van der Waals surface area contributed by atoms with Crippen molar-refractivity contribution in [1.82, 2.24) is 15.1 Å². The number of rotatable bonds is 13. The molecule has 0 amide bonds. The van der Waals surface area contributed by atoms with Crippen molar-refractivity contribution in [1.29, 1.82) is 0 Å². The van der Waals surface area contributed by atoms with Gasteiger partial charge in [0.25, 0.3) is 0 Å². The molecule has 186 valence electrons. The Morgan fingerprint density at radius 1 is 0.794 bits per heavy atom. The molecule has 0 radical (unpaired) electrons. The van der Waals surface area contributed by atoms with E-state index >= 15 is 0 Å². The monoisotopic (exact) mass is 491 g/mol. The van der Waals surface area contributed by atoms with Crippen molar-refractivity contribution in [2.45, 2.75) is 12.8 Å². The number of ether oxygens (including phenoxy) is 5. The number of hydrogen-bond donors (Lipinski definition) is 1. The Labute approximate surface area is 207 Å². The maximum Gasteiger partial charge on any atom is 0.233 e. The van der Waals surface area contributed by atoms with E-state index in [4.69, 9.17) is 23.7 Å². The molecule has 0 fully saturated rings. The van der Waals surface area contributed by atoms with Gasteiger partial charge in [-0.3, -0.25) is 5.10 Å². The van der Waals surface area contributed by atoms with Gasteiger partial charge in [-0.25, -0.2) is 0 Å². The van der Waals surface area contributed by atoms with Crippen molar-refractivity contribution in [3.63, 3.8) is 0 Å². The summed E-state index contributed by atoms with van der Waals surface area (Å²) in [6.45, 7) is 2.47. The van der Waals surface area contributed by atoms with Crippen molar-refractivity contribution >= 4 is 12.4 Å². The minimum absolute atomic E-state index is 0. The molecule has 1 N–H and O–H groups in total. The number of methoxy groups -OCH3 is 4. The summed E-state index contributed by atoms with van der Waals surface area (Å²) < 4.78 is 27.2. The first-order valence-electron chi connectivity index (χ1n) is 10.9. The molecule has 1 aromatic heterocycles. The molecular formula is C25H34ClN3O5. The molecule has 0 atom stereocenters. The molecule has 3 rings (SSSR count). The molecule has 0 saturated heterocycles. The predicted molar refractivity (Wildman–Crippen MR) is 135 cm³/mol. The lowest BCUT2D eigenvalue weighted by molar-refractivity contribution is 0.257. The van der Waals surface area contributed by atoms with Gasteiger partial charge in [0, 0.05) is 24.7 Å². The molecule has 0 aliphatic rings. The number of benzene rings is 2. The summed E-state index contributed by atoms with van der Waals surface area (Å²) in [6.07, 6.45) is 1.84. The first-order chi connectivity index (χ1) is 16.1. The Hall–Kier alpha value is -3.10. The van der Waals surface area contributed by atoms with Crippen LogP contribution in [0.3, 0.4) is 0 Å². The molecule has 0 unspecified atom stereocenters. The summed E-state index contributed by atoms with van der Waals surface area (Å²) in [5.74, 6) is 3.44. The number of aromatic amines is 1. The highest BCUT2D eigenvalue weighted by Gasteiger charge is 2.10. The van der Waals surface area contributed by atoms with Gasteiger partial charge in [0.05, 0.1) is 40.7 Å². The minimum Gasteiger partial charge on any atom is -0.493 e. The molecule has 8 nitrogen and oxygen atoms in total. The lowest BCUT2D eigenvalue weighted by Crippen LogP contribution is -2.23. The Morgan fingerprint density at radius 3 is 2.12 bits per heavy atom. The maximum absolute atomic E-state index is 5.82. The second-order valence-electron chi connectivity index (χ2n) is 7.63. The highest BCUT2D eigenvalue weighted by Crippen LogP contribution is 2.32. The van der Waals surface area contributed by atoms with Crippen molar-refractivity contribution in [3.8, 4) is 40.1 Å². The van der Waals surface area contributed by atoms with E-state index in [1.54, 1.807) is 28.4 Å². The van der Waals surface area contributed by atoms with Crippen molar-refractivity contribution in [2.75, 3.05) is 55.2 Å². The van der Waals surface area contributed by atoms with Crippen LogP contribution in [0.25, 0.3) is 11.3 Å². The topological polar surface area (TPSA) is 78.1 Å². The van der Waals surface area contributed by atoms with E-state index in [9.17, 15) is 0 Å². The van der Waals surface area contributed by atoms with Gasteiger partial charge < -0.3 is 28.6 Å². The van der Waals surface area contributed by atoms with Crippen LogP contribution in [0.1, 0.15) is 12.0 Å². The van der Waals surface area contributed by atoms with Crippen molar-refractivity contribution < 1.29 is 23.7 Å². The maximum atomic E-state index is 5.82. The van der Waals surface area contributed by atoms with E-state index in [1.807, 2.05) is 36.4 Å². The van der Waals surface area contributed by atoms with E-state index in [-0.39, 0.29) is 12.4 Å². The van der Waals surface area contributed by atoms with Gasteiger partial charge >= 0.3 is 0 Å². The summed E-state index contributed by atoms with van der Waals surface area (Å²) in [4.78, 5) is 2.29. The first kappa shape index (κ1) is 27.1. The van der Waals surface area contributed by atoms with Gasteiger partial charge in [-0.15, -0.1) is 17.5 Å². The average molecular weight is 492 g/mol. The smallest absolute Gasteiger partial charge is 0.233 e. The van der Waals surface area contributed by atoms with Crippen LogP contribution in [0.4, 0.5) is 0 Å². The molecule has 3 aromatic rings. The van der Waals surface area contributed by atoms with E-state index in [1.165, 1.54) is 5.56 Å². The number of H-pyrrole nitrogens is 1. The summed E-state index contributed by atoms with van der Waals surface area (Å²) in [7, 11) is 8.66. The molecule has 0 spiro atoms. The molecule has 1 heterocycles. The lowest BCUT2D eigenvalue weighted by Gasteiger charge is -2.17. The van der Waals surface area contributed by atoms with Gasteiger partial charge in [-0.2, -0.15) is 0 Å². The molecule has 34 heavy (non-hydrogen) atoms. The van der Waals surface area contributed by atoms with Gasteiger partial charge in [-0.1, -0.05) is 6.07 Å². The summed E-state index contributed by atoms with van der Waals surface area (Å²) in [5.41, 5.74) is 3.03. The largest absolute Gasteiger partial charge is 0.493 e. The molecular weight excluding hydrogens is 458 g/mol. The van der Waals surface area contributed by atoms with Crippen molar-refractivity contribution in [3.05, 3.63) is 48.0 Å². The second-order valence-corrected chi connectivity index (χ2v) is 7.63. The van der Waals surface area contributed by atoms with E-state index in [0.717, 1.165) is 48.7 Å². The fourth-order valence-electron chi connectivity index (χ4n) is 3.51. The number of likely N-dealkylation sites (N-methyl/N-ethyl adjacent to an activating group) is 1. The van der Waals surface area contributed by atoms with Crippen LogP contribution >= 0.6 is 12.4 Å². The van der Waals surface area contributed by atoms with Gasteiger partial charge in [0.1, 0.15) is 0 Å². The number of aromatic nitrogens is 2. The Kier molecular flexibility index (Phi) is 10.8. The molecule has 9 heteroatoms. The molecule has 0 aliphatic heterocycles. The third kappa shape index (κ3) is 7.20. The normalized spacial score (nSPS) is 10.5. The van der Waals surface area contributed by atoms with Crippen LogP contribution in [-0.2, 0) is 6.42 Å². The van der Waals surface area contributed by atoms with Crippen molar-refractivity contribution in [2.24, 2.45) is 0 Å². The van der Waals surface area contributed by atoms with Crippen LogP contribution in [0, 0.1) is 0 Å². The van der Waals surface area contributed by atoms with Gasteiger partial charge in [-0.05, 0) is 55.8 Å². The second kappa shape index (κ2) is 13.6. The summed E-state index contributed by atoms with van der Waals surface area (Å²) >= 11 is 0. The van der Waals surface area contributed by atoms with E-state index in [0.29, 0.717) is 24.0 Å². The van der Waals surface area contributed by atoms with Gasteiger partial charge in [0.15, 0.2) is 23.0 Å². The van der Waals surface area contributed by atoms with Crippen LogP contribution in [0.5, 0.6) is 28.9 Å². The lowest BCUT2D eigenvalue weighted by atomic mass is 10.1. The molecule has 2 aromatic carbocycles. The number of nitrogens with zero attached hydrogens (tertiary/aromatic N) is 2. The summed E-state index contributed by atoms with van der Waals surface area (Å²) in [5, 5.41) is 7.27. The number of halogens is 1. The van der Waals surface area contributed by atoms with Gasteiger partial charge in [0.2, 0.25) is 5.88 Å². The molecule has 0 saturated carbocycles. The van der Waals surface area contributed by atoms with Crippen LogP contribution in [0.15, 0.2) is 42.5 Å². The standard InChI is InChI=1S/C25H33N3O5.ClH/c1-28(13-11-18-7-9-21(29-2)23(15-18)31-4)12-6-14-33-25-17-20(26-27-25)19-8-10-22(30-3)24(16-19)32-5;/h7-10,15-17H,6,11-14H2,1-5H3,(H,26,27);1H. The third-order valence-corrected chi connectivity index (χ3v) is 5.41. The fourth-order valence-corrected chi connectivity index (χ4v) is 3.51. The number of nitrogens with one attached hydrogen (secondary N) is 1. The highest BCUT2D eigenvalue weighted by atomic mass is 35.5. The molecule has 0 bridgehead atoms. The highest BCUT2D eigenvalue weighted by molar-refractivity contribution is 5.85. The summed E-state index contributed by atoms with van der Waals surface area (Å²) in [6, 6.07) is 13.7. The zero-order chi connectivity index (χ0) is 23.6. The Balaban J connectivity index is 0.00000408. The van der Waals surface area contributed by atoms with E-state index < -0.39 is 0 Å². The van der Waals surface area contributed by atoms with Crippen LogP contribution in [0.2, 0.25) is 0 Å². The number of hydrogen-bond acceptors (Lipinski definition) is 7. The average Bonchev–Trinajstić information content (AvgIpc) is 3.33. The van der Waals surface area contributed by atoms with Crippen LogP contribution < -0.4 is 23.7 Å². The SMILES string of the molecule is COc1ccc(CCN(C)CCCOc2cc(-c3ccc(OC)c(OC)c3)[nH]n2)cc1OC.Cl. The quantitative estimate of drug-likeness (QED) is 0.353. The molecule has 0 aliphatic carbocycles. The van der Waals surface area contributed by atoms with Crippen LogP contribution in [-0.4, -0.2) is 70.3 Å². The zero-order valence-electron chi connectivity index (χ0n) is 20.4. The Morgan fingerprint density at radius 2 is 1.44 bits per heavy atom. The van der Waals surface area contributed by atoms with E-state index in [2.05, 4.69) is 28.2 Å². The fraction of sp³-hybridized carbons (Fsp3) is 0.400.